The Morgan fingerprint density at radius 1 is 1.22 bits per heavy atom. The van der Waals surface area contributed by atoms with Crippen LogP contribution in [0.25, 0.3) is 0 Å². The van der Waals surface area contributed by atoms with Gasteiger partial charge in [0.1, 0.15) is 5.75 Å². The summed E-state index contributed by atoms with van der Waals surface area (Å²) in [6, 6.07) is 8.19. The number of halogens is 1. The second-order valence-electron chi connectivity index (χ2n) is 4.08. The Balaban J connectivity index is 0.00000289. The Labute approximate surface area is 131 Å². The monoisotopic (exact) mass is 380 g/mol. The van der Waals surface area contributed by atoms with Gasteiger partial charge in [0.05, 0.1) is 34.8 Å². The lowest BCUT2D eigenvalue weighted by Gasteiger charge is -2.10. The summed E-state index contributed by atoms with van der Waals surface area (Å²) in [6.45, 7) is 2.70. The molecule has 18 heavy (non-hydrogen) atoms. The Morgan fingerprint density at radius 3 is 2.17 bits per heavy atom. The second kappa shape index (κ2) is 8.63. The molecule has 0 unspecified atom stereocenters. The molecule has 5 heteroatoms. The average Bonchev–Trinajstić information content (AvgIpc) is 2.27. The van der Waals surface area contributed by atoms with E-state index in [1.807, 2.05) is 19.1 Å². The lowest BCUT2D eigenvalue weighted by atomic mass is 10.3. The molecule has 0 bridgehead atoms. The highest BCUT2D eigenvalue weighted by atomic mass is 127. The largest absolute Gasteiger partial charge is 1.00 e. The molecule has 3 nitrogen and oxygen atoms in total. The highest BCUT2D eigenvalue weighted by Crippen LogP contribution is 2.23. The van der Waals surface area contributed by atoms with Crippen molar-refractivity contribution in [2.75, 3.05) is 34.8 Å². The lowest BCUT2D eigenvalue weighted by Crippen LogP contribution is -3.00. The average molecular weight is 380 g/mol. The number of thioether (sulfide) groups is 1. The molecule has 0 aliphatic heterocycles. The molecule has 0 spiro atoms. The molecule has 0 fully saturated rings. The van der Waals surface area contributed by atoms with Crippen LogP contribution in [0.3, 0.4) is 0 Å². The highest BCUT2D eigenvalue weighted by molar-refractivity contribution is 8.13. The molecule has 1 aromatic carbocycles. The molecule has 0 aliphatic carbocycles. The summed E-state index contributed by atoms with van der Waals surface area (Å²) in [5, 5.41) is 1.20. The number of ether oxygens (including phenoxy) is 1. The summed E-state index contributed by atoms with van der Waals surface area (Å²) in [6.07, 6.45) is 0. The van der Waals surface area contributed by atoms with Crippen molar-refractivity contribution >= 4 is 16.9 Å². The van der Waals surface area contributed by atoms with Crippen molar-refractivity contribution in [1.82, 2.24) is 4.90 Å². The zero-order valence-corrected chi connectivity index (χ0v) is 14.6. The maximum atomic E-state index is 5.42. The third-order valence-electron chi connectivity index (χ3n) is 2.11. The standard InChI is InChI=1S/C13H21N2OS.HI/c1-6-16-11-7-9-12(10-8-11)17-13(14(2)3)15(4)5;/h7-10H,6H2,1-5H3;1H/q+1;/p-1. The first-order chi connectivity index (χ1) is 8.04. The van der Waals surface area contributed by atoms with Gasteiger partial charge in [-0.25, -0.2) is 0 Å². The maximum absolute atomic E-state index is 5.42. The minimum Gasteiger partial charge on any atom is -1.00 e. The topological polar surface area (TPSA) is 15.5 Å². The van der Waals surface area contributed by atoms with Crippen LogP contribution in [0.2, 0.25) is 0 Å². The van der Waals surface area contributed by atoms with Crippen molar-refractivity contribution in [3.8, 4) is 5.75 Å². The van der Waals surface area contributed by atoms with E-state index < -0.39 is 0 Å². The summed E-state index contributed by atoms with van der Waals surface area (Å²) in [4.78, 5) is 3.33. The van der Waals surface area contributed by atoms with Crippen molar-refractivity contribution in [2.24, 2.45) is 0 Å². The molecule has 0 amide bonds. The van der Waals surface area contributed by atoms with E-state index in [0.717, 1.165) is 5.75 Å². The molecule has 102 valence electrons. The molecule has 0 atom stereocenters. The van der Waals surface area contributed by atoms with Gasteiger partial charge in [-0.3, -0.25) is 9.48 Å². The van der Waals surface area contributed by atoms with Gasteiger partial charge in [0.2, 0.25) is 0 Å². The minimum atomic E-state index is 0. The number of hydrogen-bond acceptors (Lipinski definition) is 2. The fraction of sp³-hybridized carbons (Fsp3) is 0.462. The molecular formula is C13H21IN2OS. The summed E-state index contributed by atoms with van der Waals surface area (Å²) in [5.74, 6) is 0.924. The maximum Gasteiger partial charge on any atom is 0.312 e. The van der Waals surface area contributed by atoms with Crippen LogP contribution in [0.5, 0.6) is 5.75 Å². The van der Waals surface area contributed by atoms with Gasteiger partial charge >= 0.3 is 5.17 Å². The molecule has 0 aliphatic rings. The van der Waals surface area contributed by atoms with Gasteiger partial charge in [-0.15, -0.1) is 0 Å². The van der Waals surface area contributed by atoms with Crippen molar-refractivity contribution in [2.45, 2.75) is 11.8 Å². The van der Waals surface area contributed by atoms with E-state index in [0.29, 0.717) is 6.61 Å². The minimum absolute atomic E-state index is 0. The van der Waals surface area contributed by atoms with Crippen LogP contribution < -0.4 is 28.7 Å². The first kappa shape index (κ1) is 17.6. The van der Waals surface area contributed by atoms with Crippen molar-refractivity contribution < 1.29 is 33.3 Å². The Bertz CT molecular complexity index is 386. The molecule has 0 heterocycles. The van der Waals surface area contributed by atoms with Crippen LogP contribution in [-0.4, -0.2) is 49.4 Å². The predicted molar refractivity (Wildman–Crippen MR) is 74.3 cm³/mol. The normalized spacial score (nSPS) is 9.39. The van der Waals surface area contributed by atoms with Crippen LogP contribution in [0.4, 0.5) is 0 Å². The van der Waals surface area contributed by atoms with Gasteiger partial charge in [0.25, 0.3) is 0 Å². The van der Waals surface area contributed by atoms with Gasteiger partial charge < -0.3 is 28.7 Å². The zero-order valence-electron chi connectivity index (χ0n) is 11.6. The number of amidine groups is 1. The number of nitrogens with zero attached hydrogens (tertiary/aromatic N) is 2. The van der Waals surface area contributed by atoms with Crippen LogP contribution >= 0.6 is 11.8 Å². The van der Waals surface area contributed by atoms with E-state index in [9.17, 15) is 0 Å². The van der Waals surface area contributed by atoms with E-state index in [4.69, 9.17) is 4.74 Å². The fourth-order valence-corrected chi connectivity index (χ4v) is 2.31. The fourth-order valence-electron chi connectivity index (χ4n) is 1.46. The molecule has 0 saturated carbocycles. The Kier molecular flexibility index (Phi) is 8.43. The molecule has 1 aromatic rings. The van der Waals surface area contributed by atoms with Crippen LogP contribution in [0.1, 0.15) is 6.92 Å². The molecule has 0 saturated heterocycles. The summed E-state index contributed by atoms with van der Waals surface area (Å²) in [5.41, 5.74) is 0. The highest BCUT2D eigenvalue weighted by Gasteiger charge is 2.13. The third-order valence-corrected chi connectivity index (χ3v) is 3.53. The predicted octanol–water partition coefficient (Wildman–Crippen LogP) is -0.629. The van der Waals surface area contributed by atoms with Gasteiger partial charge in [0, 0.05) is 4.90 Å². The van der Waals surface area contributed by atoms with E-state index in [-0.39, 0.29) is 24.0 Å². The van der Waals surface area contributed by atoms with Crippen LogP contribution in [0, 0.1) is 0 Å². The van der Waals surface area contributed by atoms with E-state index in [2.05, 4.69) is 49.8 Å². The van der Waals surface area contributed by atoms with Gasteiger partial charge in [-0.05, 0) is 43.0 Å². The number of rotatable bonds is 3. The molecular weight excluding hydrogens is 359 g/mol. The van der Waals surface area contributed by atoms with E-state index >= 15 is 0 Å². The SMILES string of the molecule is CCOc1ccc(SC(N(C)C)=[N+](C)C)cc1.[I-]. The molecule has 0 N–H and O–H groups in total. The van der Waals surface area contributed by atoms with Crippen molar-refractivity contribution in [3.05, 3.63) is 24.3 Å². The first-order valence-corrected chi connectivity index (χ1v) is 6.48. The summed E-state index contributed by atoms with van der Waals surface area (Å²) >= 11 is 1.74. The van der Waals surface area contributed by atoms with Gasteiger partial charge in [0.15, 0.2) is 0 Å². The first-order valence-electron chi connectivity index (χ1n) is 5.67. The Hall–Kier alpha value is -0.430. The van der Waals surface area contributed by atoms with Crippen molar-refractivity contribution in [3.63, 3.8) is 0 Å². The number of hydrogen-bond donors (Lipinski definition) is 0. The van der Waals surface area contributed by atoms with Gasteiger partial charge in [-0.2, -0.15) is 0 Å². The molecule has 0 radical (unpaired) electrons. The lowest BCUT2D eigenvalue weighted by molar-refractivity contribution is -0.466. The quantitative estimate of drug-likeness (QED) is 0.228. The van der Waals surface area contributed by atoms with Crippen molar-refractivity contribution in [1.29, 1.82) is 0 Å². The zero-order chi connectivity index (χ0) is 12.8. The number of benzene rings is 1. The van der Waals surface area contributed by atoms with Crippen LogP contribution in [-0.2, 0) is 0 Å². The third kappa shape index (κ3) is 5.48. The van der Waals surface area contributed by atoms with E-state index in [1.54, 1.807) is 11.8 Å². The summed E-state index contributed by atoms with van der Waals surface area (Å²) < 4.78 is 7.54. The smallest absolute Gasteiger partial charge is 0.312 e. The Morgan fingerprint density at radius 2 is 1.78 bits per heavy atom. The van der Waals surface area contributed by atoms with Crippen LogP contribution in [0.15, 0.2) is 29.2 Å². The second-order valence-corrected chi connectivity index (χ2v) is 5.12. The molecule has 0 aromatic heterocycles. The van der Waals surface area contributed by atoms with Gasteiger partial charge in [-0.1, -0.05) is 0 Å². The molecule has 1 rings (SSSR count). The summed E-state index contributed by atoms with van der Waals surface area (Å²) in [7, 11) is 8.21. The van der Waals surface area contributed by atoms with E-state index in [1.165, 1.54) is 10.1 Å².